The largest absolute Gasteiger partial charge is 0.464 e. The average molecular weight is 536 g/mol. The minimum Gasteiger partial charge on any atom is -0.464 e. The van der Waals surface area contributed by atoms with E-state index >= 15 is 0 Å². The lowest BCUT2D eigenvalue weighted by Gasteiger charge is -2.30. The van der Waals surface area contributed by atoms with Gasteiger partial charge in [0.1, 0.15) is 22.2 Å². The van der Waals surface area contributed by atoms with Crippen LogP contribution in [0.15, 0.2) is 59.0 Å². The predicted molar refractivity (Wildman–Crippen MR) is 142 cm³/mol. The molecule has 2 heterocycles. The summed E-state index contributed by atoms with van der Waals surface area (Å²) >= 11 is 0.720. The van der Waals surface area contributed by atoms with Crippen molar-refractivity contribution in [1.82, 2.24) is 9.69 Å². The molecular weight excluding hydrogens is 509 g/mol. The lowest BCUT2D eigenvalue weighted by molar-refractivity contribution is -0.123. The summed E-state index contributed by atoms with van der Waals surface area (Å²) in [5.74, 6) is -1.72. The number of carbonyl (C=O) groups excluding carboxylic acids is 3. The molecule has 2 aromatic heterocycles. The van der Waals surface area contributed by atoms with Gasteiger partial charge in [-0.25, -0.2) is 4.39 Å². The number of nitrogens with two attached hydrogens (primary N) is 2. The van der Waals surface area contributed by atoms with Gasteiger partial charge < -0.3 is 21.2 Å². The Morgan fingerprint density at radius 1 is 1.05 bits per heavy atom. The van der Waals surface area contributed by atoms with Crippen LogP contribution in [0, 0.1) is 26.6 Å². The second-order valence-electron chi connectivity index (χ2n) is 8.85. The zero-order chi connectivity index (χ0) is 27.6. The third-order valence-electron chi connectivity index (χ3n) is 5.78. The summed E-state index contributed by atoms with van der Waals surface area (Å²) in [6, 6.07) is 13.2. The number of nitrogen functional groups attached to an aromatic ring is 1. The van der Waals surface area contributed by atoms with Crippen molar-refractivity contribution in [3.05, 3.63) is 99.2 Å². The third-order valence-corrected chi connectivity index (χ3v) is 6.63. The van der Waals surface area contributed by atoms with Gasteiger partial charge in [0.2, 0.25) is 0 Å². The number of primary amides is 1. The number of anilines is 2. The Morgan fingerprint density at radius 2 is 1.71 bits per heavy atom. The minimum atomic E-state index is -1.25. The molecule has 0 saturated carbocycles. The monoisotopic (exact) mass is 535 g/mol. The molecule has 0 aliphatic rings. The van der Waals surface area contributed by atoms with Crippen LogP contribution in [0.4, 0.5) is 15.8 Å². The molecule has 0 spiro atoms. The van der Waals surface area contributed by atoms with Crippen LogP contribution in [0.2, 0.25) is 0 Å². The summed E-state index contributed by atoms with van der Waals surface area (Å²) < 4.78 is 23.1. The van der Waals surface area contributed by atoms with Crippen molar-refractivity contribution in [2.75, 3.05) is 10.6 Å². The van der Waals surface area contributed by atoms with Crippen molar-refractivity contribution in [3.63, 3.8) is 0 Å². The van der Waals surface area contributed by atoms with Crippen molar-refractivity contribution >= 4 is 40.6 Å². The Bertz CT molecular complexity index is 1490. The van der Waals surface area contributed by atoms with Crippen LogP contribution in [0.25, 0.3) is 0 Å². The van der Waals surface area contributed by atoms with Crippen molar-refractivity contribution in [3.8, 4) is 0 Å². The molecule has 1 unspecified atom stereocenters. The standard InChI is InChI=1S/C27H26FN5O4S/c1-14-10-15(2)12-19(11-14)33(27(36)24-21(29)22(25(30)34)32-38-24)23(20-9-4-16(3)37-20)26(35)31-13-17-5-7-18(28)8-6-17/h4-12,23H,13,29H2,1-3H3,(H2,30,34)(H,31,35). The Morgan fingerprint density at radius 3 is 2.26 bits per heavy atom. The van der Waals surface area contributed by atoms with E-state index in [2.05, 4.69) is 9.69 Å². The molecule has 0 radical (unpaired) electrons. The summed E-state index contributed by atoms with van der Waals surface area (Å²) in [4.78, 5) is 40.8. The molecule has 11 heteroatoms. The van der Waals surface area contributed by atoms with Gasteiger partial charge in [0, 0.05) is 12.2 Å². The smallest absolute Gasteiger partial charge is 0.273 e. The summed E-state index contributed by atoms with van der Waals surface area (Å²) in [5, 5.41) is 2.82. The van der Waals surface area contributed by atoms with E-state index in [1.807, 2.05) is 19.9 Å². The zero-order valence-corrected chi connectivity index (χ0v) is 21.8. The van der Waals surface area contributed by atoms with Crippen LogP contribution in [-0.2, 0) is 11.3 Å². The topological polar surface area (TPSA) is 145 Å². The first-order chi connectivity index (χ1) is 18.0. The molecule has 0 saturated heterocycles. The molecule has 38 heavy (non-hydrogen) atoms. The highest BCUT2D eigenvalue weighted by molar-refractivity contribution is 7.09. The average Bonchev–Trinajstić information content (AvgIpc) is 3.46. The molecule has 4 aromatic rings. The third kappa shape index (κ3) is 5.57. The SMILES string of the molecule is Cc1cc(C)cc(N(C(=O)c2snc(C(N)=O)c2N)C(C(=O)NCc2ccc(F)cc2)c2ccc(C)o2)c1. The maximum absolute atomic E-state index is 14.1. The Kier molecular flexibility index (Phi) is 7.58. The second kappa shape index (κ2) is 10.9. The van der Waals surface area contributed by atoms with Gasteiger partial charge in [-0.1, -0.05) is 18.2 Å². The lowest BCUT2D eigenvalue weighted by Crippen LogP contribution is -2.44. The Balaban J connectivity index is 1.82. The van der Waals surface area contributed by atoms with E-state index < -0.39 is 29.6 Å². The zero-order valence-electron chi connectivity index (χ0n) is 20.9. The number of carbonyl (C=O) groups is 3. The summed E-state index contributed by atoms with van der Waals surface area (Å²) in [7, 11) is 0. The minimum absolute atomic E-state index is 0.0439. The molecule has 0 aliphatic carbocycles. The van der Waals surface area contributed by atoms with Crippen LogP contribution < -0.4 is 21.7 Å². The second-order valence-corrected chi connectivity index (χ2v) is 9.63. The fourth-order valence-electron chi connectivity index (χ4n) is 4.07. The predicted octanol–water partition coefficient (Wildman–Crippen LogP) is 4.19. The number of hydrogen-bond donors (Lipinski definition) is 3. The number of amides is 3. The molecule has 3 amide bonds. The molecule has 0 bridgehead atoms. The number of halogens is 1. The summed E-state index contributed by atoms with van der Waals surface area (Å²) in [6.45, 7) is 5.54. The van der Waals surface area contributed by atoms with Crippen molar-refractivity contribution in [1.29, 1.82) is 0 Å². The number of nitrogens with zero attached hydrogens (tertiary/aromatic N) is 2. The number of rotatable bonds is 8. The Hall–Kier alpha value is -4.51. The molecule has 2 aromatic carbocycles. The van der Waals surface area contributed by atoms with Crippen LogP contribution in [0.5, 0.6) is 0 Å². The van der Waals surface area contributed by atoms with Crippen LogP contribution in [0.3, 0.4) is 0 Å². The molecule has 4 rings (SSSR count). The molecular formula is C27H26FN5O4S. The van der Waals surface area contributed by atoms with E-state index in [9.17, 15) is 18.8 Å². The molecule has 9 nitrogen and oxygen atoms in total. The van der Waals surface area contributed by atoms with Gasteiger partial charge in [-0.2, -0.15) is 4.37 Å². The van der Waals surface area contributed by atoms with Gasteiger partial charge in [0.15, 0.2) is 11.7 Å². The van der Waals surface area contributed by atoms with Gasteiger partial charge >= 0.3 is 0 Å². The quantitative estimate of drug-likeness (QED) is 0.309. The van der Waals surface area contributed by atoms with E-state index in [1.54, 1.807) is 43.3 Å². The maximum atomic E-state index is 14.1. The van der Waals surface area contributed by atoms with E-state index in [1.165, 1.54) is 17.0 Å². The first-order valence-corrected chi connectivity index (χ1v) is 12.4. The normalized spacial score (nSPS) is 11.7. The number of benzene rings is 2. The highest BCUT2D eigenvalue weighted by Crippen LogP contribution is 2.34. The van der Waals surface area contributed by atoms with Crippen molar-refractivity contribution in [2.45, 2.75) is 33.4 Å². The summed E-state index contributed by atoms with van der Waals surface area (Å²) in [6.07, 6.45) is 0. The summed E-state index contributed by atoms with van der Waals surface area (Å²) in [5.41, 5.74) is 13.9. The van der Waals surface area contributed by atoms with Gasteiger partial charge in [0.05, 0.1) is 5.69 Å². The van der Waals surface area contributed by atoms with Crippen molar-refractivity contribution < 1.29 is 23.2 Å². The van der Waals surface area contributed by atoms with Crippen molar-refractivity contribution in [2.24, 2.45) is 5.73 Å². The van der Waals surface area contributed by atoms with Gasteiger partial charge in [-0.3, -0.25) is 19.3 Å². The van der Waals surface area contributed by atoms with E-state index in [4.69, 9.17) is 15.9 Å². The van der Waals surface area contributed by atoms with Gasteiger partial charge in [-0.05, 0) is 85.4 Å². The fourth-order valence-corrected chi connectivity index (χ4v) is 4.82. The number of aryl methyl sites for hydroxylation is 3. The van der Waals surface area contributed by atoms with Crippen LogP contribution in [0.1, 0.15) is 54.4 Å². The van der Waals surface area contributed by atoms with E-state index in [0.717, 1.165) is 22.7 Å². The van der Waals surface area contributed by atoms with Crippen LogP contribution in [-0.4, -0.2) is 22.1 Å². The van der Waals surface area contributed by atoms with Gasteiger partial charge in [-0.15, -0.1) is 0 Å². The molecule has 0 fully saturated rings. The first-order valence-electron chi connectivity index (χ1n) is 11.6. The van der Waals surface area contributed by atoms with E-state index in [-0.39, 0.29) is 28.6 Å². The lowest BCUT2D eigenvalue weighted by atomic mass is 10.1. The highest BCUT2D eigenvalue weighted by Gasteiger charge is 2.38. The first kappa shape index (κ1) is 26.6. The van der Waals surface area contributed by atoms with Gasteiger partial charge in [0.25, 0.3) is 17.7 Å². The number of furan rings is 1. The number of aromatic nitrogens is 1. The maximum Gasteiger partial charge on any atom is 0.273 e. The molecule has 0 aliphatic heterocycles. The number of hydrogen-bond acceptors (Lipinski definition) is 7. The fraction of sp³-hybridized carbons (Fsp3) is 0.185. The molecule has 196 valence electrons. The molecule has 5 N–H and O–H groups in total. The van der Waals surface area contributed by atoms with E-state index in [0.29, 0.717) is 17.0 Å². The highest BCUT2D eigenvalue weighted by atomic mass is 32.1. The molecule has 1 atom stereocenters. The number of nitrogens with one attached hydrogen (secondary N) is 1. The Labute approximate surface area is 222 Å². The van der Waals surface area contributed by atoms with Crippen LogP contribution >= 0.6 is 11.5 Å².